The van der Waals surface area contributed by atoms with Crippen LogP contribution < -0.4 is 11.2 Å². The molecule has 0 bridgehead atoms. The van der Waals surface area contributed by atoms with Gasteiger partial charge < -0.3 is 14.8 Å². The molecule has 9 nitrogen and oxygen atoms in total. The molecular formula is C14H19N5O4. The van der Waals surface area contributed by atoms with Gasteiger partial charge in [0.25, 0.3) is 5.56 Å². The third-order valence-electron chi connectivity index (χ3n) is 4.35. The monoisotopic (exact) mass is 321 g/mol. The number of imidazole rings is 2. The number of aromatic nitrogens is 5. The lowest BCUT2D eigenvalue weighted by molar-refractivity contribution is 0.0816. The van der Waals surface area contributed by atoms with Gasteiger partial charge in [0.1, 0.15) is 0 Å². The Balaban J connectivity index is 2.50. The molecule has 0 amide bonds. The topological polar surface area (TPSA) is 107 Å². The Kier molecular flexibility index (Phi) is 3.42. The minimum absolute atomic E-state index is 0.150. The van der Waals surface area contributed by atoms with E-state index in [0.29, 0.717) is 16.9 Å². The van der Waals surface area contributed by atoms with Gasteiger partial charge in [-0.25, -0.2) is 4.79 Å². The highest BCUT2D eigenvalue weighted by atomic mass is 16.3. The molecule has 0 unspecified atom stereocenters. The van der Waals surface area contributed by atoms with Crippen molar-refractivity contribution in [1.82, 2.24) is 23.1 Å². The number of aliphatic hydroxyl groups is 2. The van der Waals surface area contributed by atoms with Gasteiger partial charge in [0.05, 0.1) is 19.3 Å². The van der Waals surface area contributed by atoms with Crippen molar-refractivity contribution in [3.63, 3.8) is 0 Å². The second-order valence-corrected chi connectivity index (χ2v) is 5.74. The van der Waals surface area contributed by atoms with Crippen LogP contribution >= 0.6 is 0 Å². The van der Waals surface area contributed by atoms with Crippen LogP contribution in [0.25, 0.3) is 16.9 Å². The summed E-state index contributed by atoms with van der Waals surface area (Å²) in [7, 11) is 2.99. The molecule has 1 atom stereocenters. The summed E-state index contributed by atoms with van der Waals surface area (Å²) in [5.74, 6) is 0.459. The fraction of sp³-hybridized carbons (Fsp3) is 0.500. The lowest BCUT2D eigenvalue weighted by atomic mass is 10.3. The van der Waals surface area contributed by atoms with Crippen LogP contribution in [0.3, 0.4) is 0 Å². The number of aliphatic hydroxyl groups excluding tert-OH is 2. The van der Waals surface area contributed by atoms with Crippen molar-refractivity contribution in [3.8, 4) is 0 Å². The first-order valence-corrected chi connectivity index (χ1v) is 7.22. The van der Waals surface area contributed by atoms with E-state index in [4.69, 9.17) is 5.11 Å². The van der Waals surface area contributed by atoms with Crippen LogP contribution in [0.4, 0.5) is 0 Å². The minimum Gasteiger partial charge on any atom is -0.394 e. The molecule has 3 aromatic heterocycles. The zero-order chi connectivity index (χ0) is 17.0. The number of aryl methyl sites for hydroxylation is 2. The van der Waals surface area contributed by atoms with Gasteiger partial charge in [0.2, 0.25) is 5.78 Å². The Morgan fingerprint density at radius 2 is 1.78 bits per heavy atom. The van der Waals surface area contributed by atoms with E-state index in [2.05, 4.69) is 4.98 Å². The average molecular weight is 321 g/mol. The highest BCUT2D eigenvalue weighted by Gasteiger charge is 2.22. The third-order valence-corrected chi connectivity index (χ3v) is 4.35. The van der Waals surface area contributed by atoms with Crippen LogP contribution in [0.15, 0.2) is 9.59 Å². The first-order valence-electron chi connectivity index (χ1n) is 7.22. The summed E-state index contributed by atoms with van der Waals surface area (Å²) in [5, 5.41) is 18.8. The van der Waals surface area contributed by atoms with Gasteiger partial charge in [-0.15, -0.1) is 0 Å². The van der Waals surface area contributed by atoms with Crippen molar-refractivity contribution in [2.24, 2.45) is 14.1 Å². The Labute approximate surface area is 130 Å². The Morgan fingerprint density at radius 1 is 1.13 bits per heavy atom. The maximum Gasteiger partial charge on any atom is 0.332 e. The lowest BCUT2D eigenvalue weighted by Crippen LogP contribution is -2.37. The van der Waals surface area contributed by atoms with Crippen LogP contribution in [0.1, 0.15) is 11.4 Å². The highest BCUT2D eigenvalue weighted by Crippen LogP contribution is 2.20. The molecular weight excluding hydrogens is 302 g/mol. The summed E-state index contributed by atoms with van der Waals surface area (Å²) in [5.41, 5.74) is 1.38. The maximum absolute atomic E-state index is 12.5. The number of hydrogen-bond donors (Lipinski definition) is 2. The SMILES string of the molecule is Cc1c(C)n2c3c(=O)n(C)c(=O)n(C)c3nc2n1C[C@@H](O)CO. The summed E-state index contributed by atoms with van der Waals surface area (Å²) >= 11 is 0. The van der Waals surface area contributed by atoms with E-state index in [9.17, 15) is 14.7 Å². The molecule has 124 valence electrons. The summed E-state index contributed by atoms with van der Waals surface area (Å²) in [6.07, 6.45) is -0.934. The van der Waals surface area contributed by atoms with Gasteiger partial charge in [-0.2, -0.15) is 4.98 Å². The van der Waals surface area contributed by atoms with Gasteiger partial charge in [-0.3, -0.25) is 18.3 Å². The summed E-state index contributed by atoms with van der Waals surface area (Å²) in [6.45, 7) is 3.47. The van der Waals surface area contributed by atoms with E-state index in [-0.39, 0.29) is 13.2 Å². The first-order chi connectivity index (χ1) is 10.8. The predicted molar refractivity (Wildman–Crippen MR) is 83.7 cm³/mol. The smallest absolute Gasteiger partial charge is 0.332 e. The molecule has 0 aliphatic rings. The first kappa shape index (κ1) is 15.5. The standard InChI is InChI=1S/C14H19N5O4/c1-7-8(2)19-10-11(16(3)14(23)17(4)12(10)22)15-13(19)18(7)5-9(21)6-20/h9,20-21H,5-6H2,1-4H3/t9-/m1/s1. The van der Waals surface area contributed by atoms with E-state index in [1.165, 1.54) is 11.6 Å². The van der Waals surface area contributed by atoms with Crippen molar-refractivity contribution in [1.29, 1.82) is 0 Å². The molecule has 3 heterocycles. The number of nitrogens with zero attached hydrogens (tertiary/aromatic N) is 5. The van der Waals surface area contributed by atoms with E-state index >= 15 is 0 Å². The van der Waals surface area contributed by atoms with Crippen LogP contribution in [-0.2, 0) is 20.6 Å². The van der Waals surface area contributed by atoms with Crippen LogP contribution in [0.5, 0.6) is 0 Å². The zero-order valence-corrected chi connectivity index (χ0v) is 13.4. The van der Waals surface area contributed by atoms with Crippen LogP contribution in [0, 0.1) is 13.8 Å². The molecule has 0 aliphatic heterocycles. The summed E-state index contributed by atoms with van der Waals surface area (Å²) in [4.78, 5) is 29.0. The maximum atomic E-state index is 12.5. The van der Waals surface area contributed by atoms with Crippen molar-refractivity contribution in [3.05, 3.63) is 32.2 Å². The fourth-order valence-electron chi connectivity index (χ4n) is 2.88. The third kappa shape index (κ3) is 1.97. The second-order valence-electron chi connectivity index (χ2n) is 5.74. The molecule has 0 aliphatic carbocycles. The Bertz CT molecular complexity index is 1040. The predicted octanol–water partition coefficient (Wildman–Crippen LogP) is -1.34. The average Bonchev–Trinajstić information content (AvgIpc) is 3.03. The second kappa shape index (κ2) is 5.07. The number of rotatable bonds is 3. The van der Waals surface area contributed by atoms with Crippen molar-refractivity contribution in [2.75, 3.05) is 6.61 Å². The molecule has 0 spiro atoms. The molecule has 0 radical (unpaired) electrons. The largest absolute Gasteiger partial charge is 0.394 e. The quantitative estimate of drug-likeness (QED) is 0.621. The van der Waals surface area contributed by atoms with E-state index in [1.807, 2.05) is 13.8 Å². The molecule has 3 aromatic rings. The molecule has 0 fully saturated rings. The molecule has 0 saturated carbocycles. The molecule has 0 saturated heterocycles. The van der Waals surface area contributed by atoms with E-state index in [1.54, 1.807) is 16.0 Å². The lowest BCUT2D eigenvalue weighted by Gasteiger charge is -2.10. The van der Waals surface area contributed by atoms with Crippen molar-refractivity contribution < 1.29 is 10.2 Å². The van der Waals surface area contributed by atoms with Crippen molar-refractivity contribution in [2.45, 2.75) is 26.5 Å². The van der Waals surface area contributed by atoms with Gasteiger partial charge in [0, 0.05) is 25.5 Å². The Morgan fingerprint density at radius 3 is 2.39 bits per heavy atom. The minimum atomic E-state index is -0.934. The van der Waals surface area contributed by atoms with Gasteiger partial charge >= 0.3 is 5.69 Å². The van der Waals surface area contributed by atoms with Gasteiger partial charge in [-0.05, 0) is 13.8 Å². The number of fused-ring (bicyclic) bond motifs is 3. The van der Waals surface area contributed by atoms with E-state index < -0.39 is 17.4 Å². The fourth-order valence-corrected chi connectivity index (χ4v) is 2.88. The van der Waals surface area contributed by atoms with Crippen LogP contribution in [0.2, 0.25) is 0 Å². The summed E-state index contributed by atoms with van der Waals surface area (Å²) < 4.78 is 5.80. The molecule has 2 N–H and O–H groups in total. The van der Waals surface area contributed by atoms with E-state index in [0.717, 1.165) is 16.0 Å². The molecule has 0 aromatic carbocycles. The Hall–Kier alpha value is -2.39. The molecule has 3 rings (SSSR count). The normalized spacial score (nSPS) is 13.3. The van der Waals surface area contributed by atoms with Gasteiger partial charge in [0.15, 0.2) is 11.2 Å². The highest BCUT2D eigenvalue weighted by molar-refractivity contribution is 5.76. The molecule has 9 heteroatoms. The number of hydrogen-bond acceptors (Lipinski definition) is 5. The van der Waals surface area contributed by atoms with Crippen molar-refractivity contribution >= 4 is 16.9 Å². The summed E-state index contributed by atoms with van der Waals surface area (Å²) in [6, 6.07) is 0. The molecule has 23 heavy (non-hydrogen) atoms. The van der Waals surface area contributed by atoms with Crippen LogP contribution in [-0.4, -0.2) is 46.0 Å². The zero-order valence-electron chi connectivity index (χ0n) is 13.4. The van der Waals surface area contributed by atoms with Gasteiger partial charge in [-0.1, -0.05) is 0 Å².